The monoisotopic (exact) mass is 467 g/mol. The minimum absolute atomic E-state index is 0.0684. The van der Waals surface area contributed by atoms with Crippen molar-refractivity contribution < 1.29 is 8.78 Å². The van der Waals surface area contributed by atoms with Crippen molar-refractivity contribution in [3.8, 4) is 16.8 Å². The first-order valence-corrected chi connectivity index (χ1v) is 10.2. The molecule has 0 saturated heterocycles. The van der Waals surface area contributed by atoms with Gasteiger partial charge < -0.3 is 10.3 Å². The zero-order chi connectivity index (χ0) is 23.3. The summed E-state index contributed by atoms with van der Waals surface area (Å²) in [6, 6.07) is 8.39. The van der Waals surface area contributed by atoms with Gasteiger partial charge in [-0.25, -0.2) is 23.5 Å². The Morgan fingerprint density at radius 1 is 1.06 bits per heavy atom. The van der Waals surface area contributed by atoms with Crippen LogP contribution in [0.1, 0.15) is 5.56 Å². The SMILES string of the molecule is Cn1cc(-c2ccc(-n3ncn(Cc4cc(Cl)ccc4F)c3=O)cc2F)c2c(N)ncnc21. The van der Waals surface area contributed by atoms with E-state index in [1.807, 2.05) is 0 Å². The lowest BCUT2D eigenvalue weighted by Crippen LogP contribution is -2.24. The fourth-order valence-corrected chi connectivity index (χ4v) is 3.96. The molecule has 0 saturated carbocycles. The number of aryl methyl sites for hydroxylation is 1. The highest BCUT2D eigenvalue weighted by atomic mass is 35.5. The maximum atomic E-state index is 15.2. The second-order valence-corrected chi connectivity index (χ2v) is 7.90. The number of nitrogen functional groups attached to an aromatic ring is 1. The van der Waals surface area contributed by atoms with Crippen LogP contribution in [0.2, 0.25) is 5.02 Å². The number of nitrogens with zero attached hydrogens (tertiary/aromatic N) is 6. The van der Waals surface area contributed by atoms with E-state index >= 15 is 4.39 Å². The molecule has 3 aromatic heterocycles. The van der Waals surface area contributed by atoms with Crippen LogP contribution < -0.4 is 11.4 Å². The van der Waals surface area contributed by atoms with Crippen LogP contribution in [0.3, 0.4) is 0 Å². The molecule has 3 heterocycles. The van der Waals surface area contributed by atoms with E-state index in [9.17, 15) is 9.18 Å². The molecule has 5 aromatic rings. The van der Waals surface area contributed by atoms with Crippen molar-refractivity contribution in [1.82, 2.24) is 28.9 Å². The summed E-state index contributed by atoms with van der Waals surface area (Å²) in [4.78, 5) is 21.0. The quantitative estimate of drug-likeness (QED) is 0.436. The summed E-state index contributed by atoms with van der Waals surface area (Å²) in [6.45, 7) is -0.0684. The Hall–Kier alpha value is -4.05. The fourth-order valence-electron chi connectivity index (χ4n) is 3.76. The molecule has 0 spiro atoms. The van der Waals surface area contributed by atoms with Crippen LogP contribution in [0.5, 0.6) is 0 Å². The van der Waals surface area contributed by atoms with Crippen molar-refractivity contribution in [3.05, 3.63) is 88.0 Å². The lowest BCUT2D eigenvalue weighted by Gasteiger charge is -2.06. The van der Waals surface area contributed by atoms with Crippen molar-refractivity contribution in [1.29, 1.82) is 0 Å². The number of rotatable bonds is 4. The van der Waals surface area contributed by atoms with Crippen LogP contribution in [0, 0.1) is 11.6 Å². The summed E-state index contributed by atoms with van der Waals surface area (Å²) in [7, 11) is 1.78. The van der Waals surface area contributed by atoms with Crippen molar-refractivity contribution in [3.63, 3.8) is 0 Å². The van der Waals surface area contributed by atoms with Crippen molar-refractivity contribution in [2.45, 2.75) is 6.54 Å². The van der Waals surface area contributed by atoms with E-state index in [2.05, 4.69) is 15.1 Å². The standard InChI is InChI=1S/C22H16ClF2N7O/c1-30-9-16(19-20(26)27-10-28-21(19)30)15-4-3-14(7-18(15)25)32-22(33)31(11-29-32)8-12-6-13(23)2-5-17(12)24/h2-7,9-11H,8H2,1H3,(H2,26,27,28). The Morgan fingerprint density at radius 2 is 1.88 bits per heavy atom. The smallest absolute Gasteiger partial charge is 0.350 e. The van der Waals surface area contributed by atoms with E-state index in [4.69, 9.17) is 17.3 Å². The molecule has 166 valence electrons. The number of fused-ring (bicyclic) bond motifs is 1. The molecule has 2 N–H and O–H groups in total. The van der Waals surface area contributed by atoms with Gasteiger partial charge in [0, 0.05) is 41.0 Å². The summed E-state index contributed by atoms with van der Waals surface area (Å²) in [5.41, 5.74) is 7.29. The van der Waals surface area contributed by atoms with Gasteiger partial charge in [0.15, 0.2) is 0 Å². The molecule has 0 aliphatic heterocycles. The second kappa shape index (κ2) is 7.82. The third-order valence-electron chi connectivity index (χ3n) is 5.35. The van der Waals surface area contributed by atoms with Crippen LogP contribution in [0.4, 0.5) is 14.6 Å². The molecular formula is C22H16ClF2N7O. The van der Waals surface area contributed by atoms with Crippen LogP contribution >= 0.6 is 11.6 Å². The van der Waals surface area contributed by atoms with Crippen LogP contribution in [-0.2, 0) is 13.6 Å². The van der Waals surface area contributed by atoms with Crippen molar-refractivity contribution in [2.24, 2.45) is 7.05 Å². The lowest BCUT2D eigenvalue weighted by molar-refractivity contribution is 0.595. The second-order valence-electron chi connectivity index (χ2n) is 7.46. The molecule has 0 amide bonds. The van der Waals surface area contributed by atoms with Crippen molar-refractivity contribution in [2.75, 3.05) is 5.73 Å². The van der Waals surface area contributed by atoms with Gasteiger partial charge in [-0.3, -0.25) is 4.57 Å². The first kappa shape index (κ1) is 20.8. The zero-order valence-electron chi connectivity index (χ0n) is 17.2. The molecule has 0 aliphatic carbocycles. The minimum Gasteiger partial charge on any atom is -0.383 e. The topological polar surface area (TPSA) is 96.5 Å². The molecule has 5 rings (SSSR count). The minimum atomic E-state index is -0.578. The van der Waals surface area contributed by atoms with Gasteiger partial charge in [-0.2, -0.15) is 9.78 Å². The summed E-state index contributed by atoms with van der Waals surface area (Å²) < 4.78 is 33.2. The molecule has 11 heteroatoms. The summed E-state index contributed by atoms with van der Waals surface area (Å²) in [5.74, 6) is -0.833. The number of anilines is 1. The summed E-state index contributed by atoms with van der Waals surface area (Å²) >= 11 is 5.92. The maximum Gasteiger partial charge on any atom is 0.350 e. The number of hydrogen-bond donors (Lipinski definition) is 1. The average Bonchev–Trinajstić information content (AvgIpc) is 3.31. The van der Waals surface area contributed by atoms with E-state index < -0.39 is 17.3 Å². The molecule has 0 fully saturated rings. The van der Waals surface area contributed by atoms with Crippen LogP contribution in [-0.4, -0.2) is 28.9 Å². The zero-order valence-corrected chi connectivity index (χ0v) is 18.0. The average molecular weight is 468 g/mol. The number of nitrogens with two attached hydrogens (primary N) is 1. The predicted molar refractivity (Wildman–Crippen MR) is 120 cm³/mol. The van der Waals surface area contributed by atoms with Gasteiger partial charge in [0.25, 0.3) is 0 Å². The maximum absolute atomic E-state index is 15.2. The van der Waals surface area contributed by atoms with E-state index in [-0.39, 0.29) is 29.2 Å². The molecule has 0 aliphatic rings. The van der Waals surface area contributed by atoms with Gasteiger partial charge >= 0.3 is 5.69 Å². The van der Waals surface area contributed by atoms with E-state index in [1.165, 1.54) is 47.6 Å². The summed E-state index contributed by atoms with van der Waals surface area (Å²) in [5, 5.41) is 4.94. The normalized spacial score (nSPS) is 11.4. The molecule has 0 bridgehead atoms. The van der Waals surface area contributed by atoms with Gasteiger partial charge in [0.05, 0.1) is 17.6 Å². The third-order valence-corrected chi connectivity index (χ3v) is 5.59. The van der Waals surface area contributed by atoms with Crippen LogP contribution in [0.15, 0.2) is 60.0 Å². The highest BCUT2D eigenvalue weighted by Gasteiger charge is 2.18. The van der Waals surface area contributed by atoms with Crippen LogP contribution in [0.25, 0.3) is 27.8 Å². The van der Waals surface area contributed by atoms with Gasteiger partial charge in [-0.05, 0) is 30.3 Å². The van der Waals surface area contributed by atoms with E-state index in [0.29, 0.717) is 21.6 Å². The molecule has 0 unspecified atom stereocenters. The van der Waals surface area contributed by atoms with Gasteiger partial charge in [0.1, 0.15) is 35.8 Å². The highest BCUT2D eigenvalue weighted by molar-refractivity contribution is 6.30. The number of aromatic nitrogens is 6. The van der Waals surface area contributed by atoms with E-state index in [1.54, 1.807) is 23.9 Å². The first-order valence-electron chi connectivity index (χ1n) is 9.77. The number of benzene rings is 2. The Morgan fingerprint density at radius 3 is 2.67 bits per heavy atom. The summed E-state index contributed by atoms with van der Waals surface area (Å²) in [6.07, 6.45) is 4.32. The Labute approximate surface area is 190 Å². The fraction of sp³-hybridized carbons (Fsp3) is 0.0909. The molecule has 33 heavy (non-hydrogen) atoms. The Balaban J connectivity index is 1.53. The van der Waals surface area contributed by atoms with Crippen molar-refractivity contribution >= 4 is 28.5 Å². The molecule has 2 aromatic carbocycles. The third kappa shape index (κ3) is 3.54. The highest BCUT2D eigenvalue weighted by Crippen LogP contribution is 2.34. The van der Waals surface area contributed by atoms with Gasteiger partial charge in [0.2, 0.25) is 0 Å². The van der Waals surface area contributed by atoms with E-state index in [0.717, 1.165) is 4.68 Å². The molecule has 0 radical (unpaired) electrons. The predicted octanol–water partition coefficient (Wildman–Crippen LogP) is 3.54. The van der Waals surface area contributed by atoms with Gasteiger partial charge in [-0.1, -0.05) is 11.6 Å². The number of hydrogen-bond acceptors (Lipinski definition) is 5. The molecular weight excluding hydrogens is 452 g/mol. The Kier molecular flexibility index (Phi) is 4.94. The van der Waals surface area contributed by atoms with Gasteiger partial charge in [-0.15, -0.1) is 0 Å². The first-order chi connectivity index (χ1) is 15.8. The molecule has 8 nitrogen and oxygen atoms in total. The Bertz CT molecular complexity index is 1590. The largest absolute Gasteiger partial charge is 0.383 e. The molecule has 0 atom stereocenters. The lowest BCUT2D eigenvalue weighted by atomic mass is 10.0. The number of halogens is 3.